The van der Waals surface area contributed by atoms with Crippen LogP contribution >= 0.6 is 0 Å². The number of rotatable bonds is 5. The predicted octanol–water partition coefficient (Wildman–Crippen LogP) is 0.422. The van der Waals surface area contributed by atoms with E-state index < -0.39 is 5.54 Å². The van der Waals surface area contributed by atoms with Gasteiger partial charge in [0.15, 0.2) is 0 Å². The molecule has 1 fully saturated rings. The van der Waals surface area contributed by atoms with E-state index in [1.165, 1.54) is 0 Å². The Morgan fingerprint density at radius 1 is 1.33 bits per heavy atom. The van der Waals surface area contributed by atoms with Crippen molar-refractivity contribution in [1.29, 1.82) is 0 Å². The lowest BCUT2D eigenvalue weighted by molar-refractivity contribution is -0.125. The molecule has 0 aromatic rings. The van der Waals surface area contributed by atoms with Crippen LogP contribution in [-0.4, -0.2) is 48.5 Å². The second kappa shape index (κ2) is 6.50. The Kier molecular flexibility index (Phi) is 5.56. The molecular formula is C13H26N2O3. The van der Waals surface area contributed by atoms with Crippen LogP contribution in [0.15, 0.2) is 0 Å². The molecule has 1 rings (SSSR count). The fourth-order valence-corrected chi connectivity index (χ4v) is 1.99. The van der Waals surface area contributed by atoms with Gasteiger partial charge < -0.3 is 20.5 Å². The van der Waals surface area contributed by atoms with Crippen LogP contribution in [0.5, 0.6) is 0 Å². The quantitative estimate of drug-likeness (QED) is 0.668. The maximum atomic E-state index is 11.9. The number of ether oxygens (including phenoxy) is 1. The van der Waals surface area contributed by atoms with Crippen molar-refractivity contribution < 1.29 is 14.6 Å². The fraction of sp³-hybridized carbons (Fsp3) is 0.923. The highest BCUT2D eigenvalue weighted by molar-refractivity contribution is 5.77. The number of amides is 1. The number of carbonyl (C=O) groups is 1. The zero-order valence-electron chi connectivity index (χ0n) is 11.7. The minimum Gasteiger partial charge on any atom is -0.394 e. The van der Waals surface area contributed by atoms with Crippen molar-refractivity contribution in [3.05, 3.63) is 0 Å². The zero-order chi connectivity index (χ0) is 13.6. The van der Waals surface area contributed by atoms with Crippen molar-refractivity contribution in [1.82, 2.24) is 10.6 Å². The smallest absolute Gasteiger partial charge is 0.221 e. The monoisotopic (exact) mass is 258 g/mol. The summed E-state index contributed by atoms with van der Waals surface area (Å²) in [5.74, 6) is -0.0114. The van der Waals surface area contributed by atoms with Crippen molar-refractivity contribution in [3.8, 4) is 0 Å². The normalized spacial score (nSPS) is 19.6. The molecule has 1 amide bonds. The summed E-state index contributed by atoms with van der Waals surface area (Å²) in [6, 6.07) is 0. The number of hydrogen-bond acceptors (Lipinski definition) is 4. The molecule has 1 aliphatic heterocycles. The van der Waals surface area contributed by atoms with Crippen molar-refractivity contribution in [2.24, 2.45) is 0 Å². The van der Waals surface area contributed by atoms with Crippen LogP contribution < -0.4 is 10.6 Å². The van der Waals surface area contributed by atoms with E-state index in [0.29, 0.717) is 39.0 Å². The molecule has 0 atom stereocenters. The number of aliphatic hydroxyl groups is 1. The molecule has 106 valence electrons. The zero-order valence-corrected chi connectivity index (χ0v) is 11.7. The second-order valence-corrected chi connectivity index (χ2v) is 6.03. The Morgan fingerprint density at radius 2 is 1.94 bits per heavy atom. The Balaban J connectivity index is 2.33. The van der Waals surface area contributed by atoms with Crippen molar-refractivity contribution in [2.75, 3.05) is 26.4 Å². The van der Waals surface area contributed by atoms with Gasteiger partial charge in [0.1, 0.15) is 0 Å². The van der Waals surface area contributed by atoms with Crippen molar-refractivity contribution in [2.45, 2.75) is 51.1 Å². The average Bonchev–Trinajstić information content (AvgIpc) is 2.28. The van der Waals surface area contributed by atoms with E-state index in [9.17, 15) is 9.90 Å². The third-order valence-electron chi connectivity index (χ3n) is 3.16. The minimum atomic E-state index is -0.475. The van der Waals surface area contributed by atoms with Gasteiger partial charge in [-0.3, -0.25) is 4.79 Å². The third kappa shape index (κ3) is 5.33. The predicted molar refractivity (Wildman–Crippen MR) is 70.4 cm³/mol. The van der Waals surface area contributed by atoms with Gasteiger partial charge in [-0.2, -0.15) is 0 Å². The van der Waals surface area contributed by atoms with Gasteiger partial charge in [-0.15, -0.1) is 0 Å². The van der Waals surface area contributed by atoms with E-state index in [-0.39, 0.29) is 18.1 Å². The van der Waals surface area contributed by atoms with Gasteiger partial charge in [-0.1, -0.05) is 0 Å². The summed E-state index contributed by atoms with van der Waals surface area (Å²) in [7, 11) is 0. The molecule has 0 bridgehead atoms. The van der Waals surface area contributed by atoms with Crippen LogP contribution in [0.2, 0.25) is 0 Å². The molecule has 0 spiro atoms. The molecule has 18 heavy (non-hydrogen) atoms. The van der Waals surface area contributed by atoms with Crippen LogP contribution in [0.3, 0.4) is 0 Å². The largest absolute Gasteiger partial charge is 0.394 e. The van der Waals surface area contributed by atoms with Crippen LogP contribution in [0.25, 0.3) is 0 Å². The summed E-state index contributed by atoms with van der Waals surface area (Å²) in [5.41, 5.74) is -0.454. The first kappa shape index (κ1) is 15.4. The first-order valence-electron chi connectivity index (χ1n) is 6.62. The lowest BCUT2D eigenvalue weighted by Gasteiger charge is -2.36. The molecule has 0 aromatic heterocycles. The summed E-state index contributed by atoms with van der Waals surface area (Å²) in [6.07, 6.45) is 1.80. The molecule has 5 nitrogen and oxygen atoms in total. The summed E-state index contributed by atoms with van der Waals surface area (Å²) in [6.45, 7) is 8.03. The van der Waals surface area contributed by atoms with E-state index in [1.807, 2.05) is 0 Å². The fourth-order valence-electron chi connectivity index (χ4n) is 1.99. The Morgan fingerprint density at radius 3 is 2.44 bits per heavy atom. The van der Waals surface area contributed by atoms with E-state index in [1.54, 1.807) is 0 Å². The molecule has 0 aliphatic carbocycles. The second-order valence-electron chi connectivity index (χ2n) is 6.03. The van der Waals surface area contributed by atoms with Gasteiger partial charge >= 0.3 is 0 Å². The van der Waals surface area contributed by atoms with E-state index >= 15 is 0 Å². The molecule has 0 aromatic carbocycles. The van der Waals surface area contributed by atoms with Gasteiger partial charge in [0.25, 0.3) is 0 Å². The number of nitrogens with one attached hydrogen (secondary N) is 2. The average molecular weight is 258 g/mol. The summed E-state index contributed by atoms with van der Waals surface area (Å²) < 4.78 is 5.26. The molecule has 0 saturated carbocycles. The lowest BCUT2D eigenvalue weighted by Crippen LogP contribution is -2.55. The summed E-state index contributed by atoms with van der Waals surface area (Å²) in [5, 5.41) is 15.7. The molecule has 1 aliphatic rings. The van der Waals surface area contributed by atoms with E-state index in [2.05, 4.69) is 31.4 Å². The topological polar surface area (TPSA) is 70.6 Å². The standard InChI is InChI=1S/C13H26N2O3/c1-12(2,3)14-7-4-11(17)15-13(10-16)5-8-18-9-6-13/h14,16H,4-10H2,1-3H3,(H,15,17). The number of carbonyl (C=O) groups excluding carboxylic acids is 1. The molecule has 1 heterocycles. The third-order valence-corrected chi connectivity index (χ3v) is 3.16. The molecule has 0 radical (unpaired) electrons. The van der Waals surface area contributed by atoms with Crippen LogP contribution in [0.4, 0.5) is 0 Å². The first-order valence-corrected chi connectivity index (χ1v) is 6.62. The van der Waals surface area contributed by atoms with Gasteiger partial charge in [0.2, 0.25) is 5.91 Å². The molecule has 1 saturated heterocycles. The molecule has 3 N–H and O–H groups in total. The van der Waals surface area contributed by atoms with E-state index in [4.69, 9.17) is 4.74 Å². The summed E-state index contributed by atoms with van der Waals surface area (Å²) in [4.78, 5) is 11.9. The lowest BCUT2D eigenvalue weighted by atomic mass is 9.91. The minimum absolute atomic E-state index is 0.0114. The highest BCUT2D eigenvalue weighted by Crippen LogP contribution is 2.20. The van der Waals surface area contributed by atoms with Gasteiger partial charge in [0, 0.05) is 31.7 Å². The maximum absolute atomic E-state index is 11.9. The maximum Gasteiger partial charge on any atom is 0.221 e. The molecular weight excluding hydrogens is 232 g/mol. The van der Waals surface area contributed by atoms with Crippen LogP contribution in [-0.2, 0) is 9.53 Å². The Labute approximate surface area is 109 Å². The highest BCUT2D eigenvalue weighted by Gasteiger charge is 2.33. The van der Waals surface area contributed by atoms with Crippen molar-refractivity contribution in [3.63, 3.8) is 0 Å². The van der Waals surface area contributed by atoms with E-state index in [0.717, 1.165) is 0 Å². The van der Waals surface area contributed by atoms with Gasteiger partial charge in [-0.05, 0) is 33.6 Å². The number of aliphatic hydroxyl groups excluding tert-OH is 1. The summed E-state index contributed by atoms with van der Waals surface area (Å²) >= 11 is 0. The molecule has 5 heteroatoms. The van der Waals surface area contributed by atoms with Gasteiger partial charge in [-0.25, -0.2) is 0 Å². The Bertz CT molecular complexity index is 268. The van der Waals surface area contributed by atoms with Crippen LogP contribution in [0, 0.1) is 0 Å². The Hall–Kier alpha value is -0.650. The van der Waals surface area contributed by atoms with Gasteiger partial charge in [0.05, 0.1) is 12.1 Å². The van der Waals surface area contributed by atoms with Crippen molar-refractivity contribution >= 4 is 5.91 Å². The molecule has 0 unspecified atom stereocenters. The first-order chi connectivity index (χ1) is 8.37. The highest BCUT2D eigenvalue weighted by atomic mass is 16.5. The van der Waals surface area contributed by atoms with Crippen LogP contribution in [0.1, 0.15) is 40.0 Å². The number of hydrogen-bond donors (Lipinski definition) is 3. The SMILES string of the molecule is CC(C)(C)NCCC(=O)NC1(CO)CCOCC1.